The second-order valence-electron chi connectivity index (χ2n) is 4.33. The molecule has 0 fully saturated rings. The Labute approximate surface area is 118 Å². The highest BCUT2D eigenvalue weighted by molar-refractivity contribution is 6.31. The second-order valence-corrected chi connectivity index (χ2v) is 5.17. The molecule has 0 radical (unpaired) electrons. The van der Waals surface area contributed by atoms with Crippen LogP contribution in [0.3, 0.4) is 0 Å². The van der Waals surface area contributed by atoms with Gasteiger partial charge in [0.05, 0.1) is 0 Å². The third-order valence-electron chi connectivity index (χ3n) is 3.01. The lowest BCUT2D eigenvalue weighted by Gasteiger charge is -2.18. The first-order valence-corrected chi connectivity index (χ1v) is 6.60. The zero-order valence-electron chi connectivity index (χ0n) is 10.4. The van der Waals surface area contributed by atoms with Crippen LogP contribution < -0.4 is 5.32 Å². The molecule has 1 N–H and O–H groups in total. The zero-order chi connectivity index (χ0) is 13.1. The Kier molecular flexibility index (Phi) is 4.15. The van der Waals surface area contributed by atoms with E-state index >= 15 is 0 Å². The van der Waals surface area contributed by atoms with Crippen molar-refractivity contribution in [2.45, 2.75) is 19.9 Å². The summed E-state index contributed by atoms with van der Waals surface area (Å²) in [5.41, 5.74) is 3.32. The molecule has 2 rings (SSSR count). The molecule has 0 saturated carbocycles. The molecule has 0 saturated heterocycles. The first kappa shape index (κ1) is 13.3. The molecule has 2 aromatic rings. The fourth-order valence-electron chi connectivity index (χ4n) is 1.83. The molecule has 1 atom stereocenters. The molecule has 0 aliphatic rings. The average Bonchev–Trinajstić information content (AvgIpc) is 2.36. The van der Waals surface area contributed by atoms with Gasteiger partial charge in [-0.15, -0.1) is 0 Å². The Morgan fingerprint density at radius 1 is 1.00 bits per heavy atom. The lowest BCUT2D eigenvalue weighted by atomic mass is 10.1. The van der Waals surface area contributed by atoms with Gasteiger partial charge in [0.25, 0.3) is 0 Å². The smallest absolute Gasteiger partial charge is 0.0485 e. The van der Waals surface area contributed by atoms with E-state index in [-0.39, 0.29) is 6.04 Å². The second kappa shape index (κ2) is 5.64. The minimum atomic E-state index is 0.208. The van der Waals surface area contributed by atoms with Gasteiger partial charge >= 0.3 is 0 Å². The van der Waals surface area contributed by atoms with Crippen LogP contribution in [0.1, 0.15) is 24.1 Å². The summed E-state index contributed by atoms with van der Waals surface area (Å²) >= 11 is 12.0. The van der Waals surface area contributed by atoms with Gasteiger partial charge in [-0.3, -0.25) is 0 Å². The van der Waals surface area contributed by atoms with E-state index in [1.807, 2.05) is 49.4 Å². The molecule has 2 aromatic carbocycles. The van der Waals surface area contributed by atoms with Crippen molar-refractivity contribution in [3.8, 4) is 0 Å². The van der Waals surface area contributed by atoms with E-state index in [9.17, 15) is 0 Å². The number of halogens is 2. The van der Waals surface area contributed by atoms with E-state index in [2.05, 4.69) is 12.2 Å². The minimum absolute atomic E-state index is 0.208. The molecule has 0 aliphatic carbocycles. The maximum absolute atomic E-state index is 6.11. The summed E-state index contributed by atoms with van der Waals surface area (Å²) < 4.78 is 0. The normalized spacial score (nSPS) is 12.2. The fourth-order valence-corrected chi connectivity index (χ4v) is 2.13. The predicted octanol–water partition coefficient (Wildman–Crippen LogP) is 5.47. The maximum atomic E-state index is 6.11. The average molecular weight is 280 g/mol. The lowest BCUT2D eigenvalue weighted by Crippen LogP contribution is -2.07. The minimum Gasteiger partial charge on any atom is -0.378 e. The van der Waals surface area contributed by atoms with Crippen LogP contribution in [-0.4, -0.2) is 0 Å². The third-order valence-corrected chi connectivity index (χ3v) is 3.67. The number of benzene rings is 2. The van der Waals surface area contributed by atoms with Crippen LogP contribution >= 0.6 is 23.2 Å². The highest BCUT2D eigenvalue weighted by Crippen LogP contribution is 2.27. The molecule has 0 heterocycles. The third kappa shape index (κ3) is 2.98. The molecule has 0 aliphatic heterocycles. The molecule has 0 bridgehead atoms. The summed E-state index contributed by atoms with van der Waals surface area (Å²) in [5.74, 6) is 0. The molecule has 94 valence electrons. The SMILES string of the molecule is Cc1c(Cl)cccc1NC(C)c1ccc(Cl)cc1. The maximum Gasteiger partial charge on any atom is 0.0485 e. The Balaban J connectivity index is 2.18. The molecule has 3 heteroatoms. The largest absolute Gasteiger partial charge is 0.378 e. The van der Waals surface area contributed by atoms with Crippen LogP contribution in [0, 0.1) is 6.92 Å². The first-order chi connectivity index (χ1) is 8.58. The van der Waals surface area contributed by atoms with Crippen LogP contribution in [0.15, 0.2) is 42.5 Å². The molecule has 0 spiro atoms. The van der Waals surface area contributed by atoms with E-state index in [0.717, 1.165) is 21.3 Å². The van der Waals surface area contributed by atoms with Crippen molar-refractivity contribution in [1.82, 2.24) is 0 Å². The summed E-state index contributed by atoms with van der Waals surface area (Å²) in [5, 5.41) is 4.99. The van der Waals surface area contributed by atoms with E-state index < -0.39 is 0 Å². The summed E-state index contributed by atoms with van der Waals surface area (Å²) in [4.78, 5) is 0. The Hall–Kier alpha value is -1.18. The number of hydrogen-bond acceptors (Lipinski definition) is 1. The Bertz CT molecular complexity index is 535. The van der Waals surface area contributed by atoms with Crippen LogP contribution in [0.5, 0.6) is 0 Å². The summed E-state index contributed by atoms with van der Waals surface area (Å²) in [6, 6.07) is 14.0. The van der Waals surface area contributed by atoms with Crippen molar-refractivity contribution >= 4 is 28.9 Å². The van der Waals surface area contributed by atoms with Crippen LogP contribution in [-0.2, 0) is 0 Å². The van der Waals surface area contributed by atoms with Gasteiger partial charge in [-0.1, -0.05) is 41.4 Å². The molecular weight excluding hydrogens is 265 g/mol. The Morgan fingerprint density at radius 3 is 2.33 bits per heavy atom. The molecule has 1 unspecified atom stereocenters. The van der Waals surface area contributed by atoms with E-state index in [0.29, 0.717) is 0 Å². The highest BCUT2D eigenvalue weighted by atomic mass is 35.5. The standard InChI is InChI=1S/C15H15Cl2N/c1-10-14(17)4-3-5-15(10)18-11(2)12-6-8-13(16)9-7-12/h3-9,11,18H,1-2H3. The summed E-state index contributed by atoms with van der Waals surface area (Å²) in [7, 11) is 0. The summed E-state index contributed by atoms with van der Waals surface area (Å²) in [6.07, 6.45) is 0. The monoisotopic (exact) mass is 279 g/mol. The van der Waals surface area contributed by atoms with Crippen molar-refractivity contribution in [2.75, 3.05) is 5.32 Å². The fraction of sp³-hybridized carbons (Fsp3) is 0.200. The lowest BCUT2D eigenvalue weighted by molar-refractivity contribution is 0.883. The zero-order valence-corrected chi connectivity index (χ0v) is 11.9. The van der Waals surface area contributed by atoms with Crippen LogP contribution in [0.25, 0.3) is 0 Å². The van der Waals surface area contributed by atoms with E-state index in [1.165, 1.54) is 5.56 Å². The van der Waals surface area contributed by atoms with Gasteiger partial charge in [-0.2, -0.15) is 0 Å². The van der Waals surface area contributed by atoms with Crippen molar-refractivity contribution in [3.05, 3.63) is 63.6 Å². The molecule has 1 nitrogen and oxygen atoms in total. The molecule has 0 aromatic heterocycles. The van der Waals surface area contributed by atoms with Gasteiger partial charge in [0.2, 0.25) is 0 Å². The molecule has 18 heavy (non-hydrogen) atoms. The highest BCUT2D eigenvalue weighted by Gasteiger charge is 2.08. The Morgan fingerprint density at radius 2 is 1.67 bits per heavy atom. The van der Waals surface area contributed by atoms with Crippen molar-refractivity contribution < 1.29 is 0 Å². The predicted molar refractivity (Wildman–Crippen MR) is 79.7 cm³/mol. The van der Waals surface area contributed by atoms with Gasteiger partial charge < -0.3 is 5.32 Å². The van der Waals surface area contributed by atoms with Crippen molar-refractivity contribution in [1.29, 1.82) is 0 Å². The number of hydrogen-bond donors (Lipinski definition) is 1. The van der Waals surface area contributed by atoms with Gasteiger partial charge in [0, 0.05) is 21.8 Å². The van der Waals surface area contributed by atoms with Gasteiger partial charge in [0.15, 0.2) is 0 Å². The topological polar surface area (TPSA) is 12.0 Å². The number of rotatable bonds is 3. The van der Waals surface area contributed by atoms with Crippen LogP contribution in [0.2, 0.25) is 10.0 Å². The van der Waals surface area contributed by atoms with E-state index in [4.69, 9.17) is 23.2 Å². The summed E-state index contributed by atoms with van der Waals surface area (Å²) in [6.45, 7) is 4.13. The van der Waals surface area contributed by atoms with Crippen molar-refractivity contribution in [3.63, 3.8) is 0 Å². The molecule has 0 amide bonds. The van der Waals surface area contributed by atoms with Gasteiger partial charge in [-0.25, -0.2) is 0 Å². The number of nitrogens with one attached hydrogen (secondary N) is 1. The van der Waals surface area contributed by atoms with Crippen LogP contribution in [0.4, 0.5) is 5.69 Å². The number of anilines is 1. The first-order valence-electron chi connectivity index (χ1n) is 5.85. The van der Waals surface area contributed by atoms with Crippen molar-refractivity contribution in [2.24, 2.45) is 0 Å². The van der Waals surface area contributed by atoms with E-state index in [1.54, 1.807) is 0 Å². The van der Waals surface area contributed by atoms with Gasteiger partial charge in [0.1, 0.15) is 0 Å². The quantitative estimate of drug-likeness (QED) is 0.785. The molecular formula is C15H15Cl2N. The van der Waals surface area contributed by atoms with Gasteiger partial charge in [-0.05, 0) is 49.2 Å².